The van der Waals surface area contributed by atoms with Gasteiger partial charge >= 0.3 is 6.18 Å². The summed E-state index contributed by atoms with van der Waals surface area (Å²) in [6, 6.07) is 10.7. The molecule has 0 amide bonds. The van der Waals surface area contributed by atoms with E-state index in [1.165, 1.54) is 0 Å². The van der Waals surface area contributed by atoms with Crippen LogP contribution in [0.5, 0.6) is 0 Å². The molecule has 20 heavy (non-hydrogen) atoms. The monoisotopic (exact) mass is 301 g/mol. The SMILES string of the molecule is CNC(CCC(F)(F)F)c1ccc(Cl)c2ccccc12. The molecule has 0 aliphatic rings. The molecule has 2 aromatic rings. The lowest BCUT2D eigenvalue weighted by Gasteiger charge is -2.20. The number of halogens is 4. The zero-order chi connectivity index (χ0) is 14.8. The highest BCUT2D eigenvalue weighted by Crippen LogP contribution is 2.33. The Hall–Kier alpha value is -1.26. The maximum absolute atomic E-state index is 12.4. The summed E-state index contributed by atoms with van der Waals surface area (Å²) in [4.78, 5) is 0. The first-order valence-electron chi connectivity index (χ1n) is 6.33. The standard InChI is InChI=1S/C15H15ClF3N/c1-20-14(8-9-15(17,18)19)12-6-7-13(16)11-5-3-2-4-10(11)12/h2-7,14,20H,8-9H2,1H3. The maximum Gasteiger partial charge on any atom is 0.389 e. The Kier molecular flexibility index (Phi) is 4.55. The second-order valence-corrected chi connectivity index (χ2v) is 5.08. The van der Waals surface area contributed by atoms with Gasteiger partial charge < -0.3 is 5.32 Å². The predicted octanol–water partition coefficient (Wildman–Crippen LogP) is 5.10. The predicted molar refractivity (Wildman–Crippen MR) is 76.0 cm³/mol. The van der Waals surface area contributed by atoms with Crippen molar-refractivity contribution in [3.8, 4) is 0 Å². The number of rotatable bonds is 4. The molecule has 1 atom stereocenters. The Labute approximate surface area is 120 Å². The molecule has 1 N–H and O–H groups in total. The summed E-state index contributed by atoms with van der Waals surface area (Å²) < 4.78 is 37.2. The lowest BCUT2D eigenvalue weighted by molar-refractivity contribution is -0.136. The molecule has 0 radical (unpaired) electrons. The summed E-state index contributed by atoms with van der Waals surface area (Å²) in [7, 11) is 1.67. The van der Waals surface area contributed by atoms with E-state index >= 15 is 0 Å². The Bertz CT molecular complexity index is 595. The van der Waals surface area contributed by atoms with E-state index in [0.29, 0.717) is 5.02 Å². The smallest absolute Gasteiger partial charge is 0.313 e. The van der Waals surface area contributed by atoms with Crippen LogP contribution < -0.4 is 5.32 Å². The quantitative estimate of drug-likeness (QED) is 0.829. The minimum absolute atomic E-state index is 0.00558. The van der Waals surface area contributed by atoms with Gasteiger partial charge in [0.1, 0.15) is 0 Å². The minimum atomic E-state index is -4.14. The van der Waals surface area contributed by atoms with Gasteiger partial charge in [-0.25, -0.2) is 0 Å². The lowest BCUT2D eigenvalue weighted by atomic mass is 9.95. The Morgan fingerprint density at radius 1 is 1.10 bits per heavy atom. The van der Waals surface area contributed by atoms with Gasteiger partial charge in [0, 0.05) is 22.9 Å². The largest absolute Gasteiger partial charge is 0.389 e. The fourth-order valence-electron chi connectivity index (χ4n) is 2.35. The van der Waals surface area contributed by atoms with Gasteiger partial charge in [0.05, 0.1) is 0 Å². The summed E-state index contributed by atoms with van der Waals surface area (Å²) in [5.41, 5.74) is 0.844. The van der Waals surface area contributed by atoms with Crippen LogP contribution in [0.2, 0.25) is 5.02 Å². The van der Waals surface area contributed by atoms with Gasteiger partial charge in [0.25, 0.3) is 0 Å². The van der Waals surface area contributed by atoms with Crippen molar-refractivity contribution in [2.24, 2.45) is 0 Å². The van der Waals surface area contributed by atoms with E-state index < -0.39 is 12.6 Å². The van der Waals surface area contributed by atoms with Gasteiger partial charge in [-0.1, -0.05) is 41.9 Å². The first-order chi connectivity index (χ1) is 9.42. The third-order valence-corrected chi connectivity index (χ3v) is 3.67. The topological polar surface area (TPSA) is 12.0 Å². The molecular weight excluding hydrogens is 287 g/mol. The van der Waals surface area contributed by atoms with Gasteiger partial charge in [-0.2, -0.15) is 13.2 Å². The molecule has 0 heterocycles. The van der Waals surface area contributed by atoms with Crippen LogP contribution >= 0.6 is 11.6 Å². The van der Waals surface area contributed by atoms with Crippen molar-refractivity contribution in [1.82, 2.24) is 5.32 Å². The van der Waals surface area contributed by atoms with Crippen molar-refractivity contribution in [3.05, 3.63) is 47.0 Å². The van der Waals surface area contributed by atoms with E-state index in [1.807, 2.05) is 24.3 Å². The van der Waals surface area contributed by atoms with Crippen LogP contribution in [-0.2, 0) is 0 Å². The molecule has 0 aromatic heterocycles. The first kappa shape index (κ1) is 15.1. The highest BCUT2D eigenvalue weighted by atomic mass is 35.5. The zero-order valence-corrected chi connectivity index (χ0v) is 11.7. The third kappa shape index (κ3) is 3.44. The van der Waals surface area contributed by atoms with Crippen LogP contribution in [0.1, 0.15) is 24.4 Å². The van der Waals surface area contributed by atoms with Gasteiger partial charge in [0.2, 0.25) is 0 Å². The van der Waals surface area contributed by atoms with Gasteiger partial charge in [0.15, 0.2) is 0 Å². The second-order valence-electron chi connectivity index (χ2n) is 4.68. The number of benzene rings is 2. The molecule has 2 aromatic carbocycles. The van der Waals surface area contributed by atoms with Crippen LogP contribution in [0, 0.1) is 0 Å². The van der Waals surface area contributed by atoms with E-state index in [1.54, 1.807) is 19.2 Å². The van der Waals surface area contributed by atoms with Gasteiger partial charge in [-0.15, -0.1) is 0 Å². The van der Waals surface area contributed by atoms with Crippen LogP contribution in [0.25, 0.3) is 10.8 Å². The molecule has 0 fully saturated rings. The normalized spacial score (nSPS) is 13.7. The second kappa shape index (κ2) is 6.02. The van der Waals surface area contributed by atoms with Crippen LogP contribution in [0.15, 0.2) is 36.4 Å². The molecule has 1 nitrogen and oxygen atoms in total. The first-order valence-corrected chi connectivity index (χ1v) is 6.71. The highest BCUT2D eigenvalue weighted by Gasteiger charge is 2.28. The summed E-state index contributed by atoms with van der Waals surface area (Å²) >= 11 is 6.13. The van der Waals surface area contributed by atoms with E-state index in [-0.39, 0.29) is 12.5 Å². The molecule has 0 aliphatic heterocycles. The van der Waals surface area contributed by atoms with Crippen molar-refractivity contribution < 1.29 is 13.2 Å². The average Bonchev–Trinajstić information content (AvgIpc) is 2.41. The third-order valence-electron chi connectivity index (χ3n) is 3.34. The number of alkyl halides is 3. The Balaban J connectivity index is 2.37. The molecule has 2 rings (SSSR count). The molecule has 5 heteroatoms. The fourth-order valence-corrected chi connectivity index (χ4v) is 2.58. The molecule has 0 saturated heterocycles. The van der Waals surface area contributed by atoms with Crippen LogP contribution in [0.3, 0.4) is 0 Å². The Morgan fingerprint density at radius 3 is 2.35 bits per heavy atom. The molecular formula is C15H15ClF3N. The van der Waals surface area contributed by atoms with Gasteiger partial charge in [-0.3, -0.25) is 0 Å². The number of hydrogen-bond acceptors (Lipinski definition) is 1. The van der Waals surface area contributed by atoms with Crippen molar-refractivity contribution >= 4 is 22.4 Å². The summed E-state index contributed by atoms with van der Waals surface area (Å²) in [5.74, 6) is 0. The van der Waals surface area contributed by atoms with E-state index in [4.69, 9.17) is 11.6 Å². The summed E-state index contributed by atoms with van der Waals surface area (Å²) in [5, 5.41) is 5.32. The molecule has 108 valence electrons. The van der Waals surface area contributed by atoms with Crippen molar-refractivity contribution in [1.29, 1.82) is 0 Å². The van der Waals surface area contributed by atoms with Crippen molar-refractivity contribution in [2.75, 3.05) is 7.05 Å². The molecule has 1 unspecified atom stereocenters. The number of hydrogen-bond donors (Lipinski definition) is 1. The number of fused-ring (bicyclic) bond motifs is 1. The van der Waals surface area contributed by atoms with Crippen molar-refractivity contribution in [3.63, 3.8) is 0 Å². The van der Waals surface area contributed by atoms with Crippen LogP contribution in [0.4, 0.5) is 13.2 Å². The minimum Gasteiger partial charge on any atom is -0.313 e. The molecule has 0 saturated carbocycles. The zero-order valence-electron chi connectivity index (χ0n) is 11.0. The van der Waals surface area contributed by atoms with Crippen LogP contribution in [-0.4, -0.2) is 13.2 Å². The Morgan fingerprint density at radius 2 is 1.75 bits per heavy atom. The molecule has 0 aliphatic carbocycles. The maximum atomic E-state index is 12.4. The fraction of sp³-hybridized carbons (Fsp3) is 0.333. The molecule has 0 bridgehead atoms. The average molecular weight is 302 g/mol. The highest BCUT2D eigenvalue weighted by molar-refractivity contribution is 6.35. The molecule has 0 spiro atoms. The summed E-state index contributed by atoms with van der Waals surface area (Å²) in [6.07, 6.45) is -4.95. The van der Waals surface area contributed by atoms with E-state index in [9.17, 15) is 13.2 Å². The summed E-state index contributed by atoms with van der Waals surface area (Å²) in [6.45, 7) is 0. The number of nitrogens with one attached hydrogen (secondary N) is 1. The van der Waals surface area contributed by atoms with Crippen molar-refractivity contribution in [2.45, 2.75) is 25.1 Å². The van der Waals surface area contributed by atoms with Gasteiger partial charge in [-0.05, 0) is 30.5 Å². The van der Waals surface area contributed by atoms with E-state index in [0.717, 1.165) is 16.3 Å². The van der Waals surface area contributed by atoms with E-state index in [2.05, 4.69) is 5.32 Å². The lowest BCUT2D eigenvalue weighted by Crippen LogP contribution is -2.20.